The van der Waals surface area contributed by atoms with Gasteiger partial charge in [-0.1, -0.05) is 45.2 Å². The largest absolute Gasteiger partial charge is 0.497 e. The first-order valence-electron chi connectivity index (χ1n) is 8.15. The molecule has 21 heavy (non-hydrogen) atoms. The maximum absolute atomic E-state index is 6.20. The lowest BCUT2D eigenvalue weighted by Crippen LogP contribution is -2.22. The van der Waals surface area contributed by atoms with Gasteiger partial charge in [0.25, 0.3) is 0 Å². The van der Waals surface area contributed by atoms with Crippen LogP contribution in [0.4, 0.5) is 0 Å². The Hall–Kier alpha value is -1.06. The highest BCUT2D eigenvalue weighted by Crippen LogP contribution is 2.23. The molecule has 0 aromatic heterocycles. The second kappa shape index (κ2) is 10.6. The van der Waals surface area contributed by atoms with Crippen molar-refractivity contribution in [2.75, 3.05) is 27.3 Å². The van der Waals surface area contributed by atoms with E-state index in [0.717, 1.165) is 18.9 Å². The van der Waals surface area contributed by atoms with Crippen molar-refractivity contribution >= 4 is 0 Å². The molecule has 0 aliphatic heterocycles. The summed E-state index contributed by atoms with van der Waals surface area (Å²) >= 11 is 0. The smallest absolute Gasteiger partial charge is 0.119 e. The second-order valence-corrected chi connectivity index (χ2v) is 5.57. The molecule has 0 fully saturated rings. The highest BCUT2D eigenvalue weighted by molar-refractivity contribution is 5.30. The van der Waals surface area contributed by atoms with E-state index >= 15 is 0 Å². The molecule has 0 radical (unpaired) electrons. The summed E-state index contributed by atoms with van der Waals surface area (Å²) in [7, 11) is 3.66. The number of likely N-dealkylation sites (N-methyl/N-ethyl adjacent to an activating group) is 1. The zero-order valence-corrected chi connectivity index (χ0v) is 14.0. The molecule has 1 N–H and O–H groups in total. The molecule has 3 heteroatoms. The lowest BCUT2D eigenvalue weighted by atomic mass is 10.0. The van der Waals surface area contributed by atoms with Gasteiger partial charge in [-0.3, -0.25) is 0 Å². The van der Waals surface area contributed by atoms with Crippen LogP contribution in [0, 0.1) is 5.92 Å². The van der Waals surface area contributed by atoms with Crippen LogP contribution < -0.4 is 10.1 Å². The van der Waals surface area contributed by atoms with E-state index in [4.69, 9.17) is 9.47 Å². The zero-order valence-electron chi connectivity index (χ0n) is 14.0. The van der Waals surface area contributed by atoms with E-state index in [-0.39, 0.29) is 6.10 Å². The quantitative estimate of drug-likeness (QED) is 0.663. The number of methoxy groups -OCH3 is 1. The zero-order chi connectivity index (χ0) is 15.5. The maximum Gasteiger partial charge on any atom is 0.119 e. The monoisotopic (exact) mass is 293 g/mol. The standard InChI is InChI=1S/C18H31NO2/c1-5-7-9-15(6-2)14-21-18(13-19-3)16-10-8-11-17(12-16)20-4/h8,10-12,15,18-19H,5-7,9,13-14H2,1-4H3. The molecule has 2 unspecified atom stereocenters. The van der Waals surface area contributed by atoms with Gasteiger partial charge in [0.05, 0.1) is 19.8 Å². The molecule has 0 spiro atoms. The Bertz CT molecular complexity index is 381. The molecule has 0 aliphatic carbocycles. The lowest BCUT2D eigenvalue weighted by molar-refractivity contribution is 0.0259. The number of unbranched alkanes of at least 4 members (excludes halogenated alkanes) is 1. The number of rotatable bonds is 11. The van der Waals surface area contributed by atoms with Crippen molar-refractivity contribution in [3.63, 3.8) is 0 Å². The summed E-state index contributed by atoms with van der Waals surface area (Å²) in [6, 6.07) is 8.16. The van der Waals surface area contributed by atoms with Crippen LogP contribution in [-0.2, 0) is 4.74 Å². The molecule has 1 aromatic carbocycles. The van der Waals surface area contributed by atoms with E-state index in [1.807, 2.05) is 19.2 Å². The predicted octanol–water partition coefficient (Wildman–Crippen LogP) is 4.19. The Morgan fingerprint density at radius 3 is 2.67 bits per heavy atom. The van der Waals surface area contributed by atoms with Gasteiger partial charge in [0, 0.05) is 6.54 Å². The molecule has 2 atom stereocenters. The Labute approximate surface area is 130 Å². The molecule has 0 saturated carbocycles. The van der Waals surface area contributed by atoms with Crippen molar-refractivity contribution in [2.24, 2.45) is 5.92 Å². The minimum absolute atomic E-state index is 0.0841. The number of ether oxygens (including phenoxy) is 2. The van der Waals surface area contributed by atoms with E-state index in [1.165, 1.54) is 31.2 Å². The van der Waals surface area contributed by atoms with Crippen LogP contribution in [-0.4, -0.2) is 27.3 Å². The van der Waals surface area contributed by atoms with E-state index in [2.05, 4.69) is 31.3 Å². The lowest BCUT2D eigenvalue weighted by Gasteiger charge is -2.22. The number of hydrogen-bond acceptors (Lipinski definition) is 3. The Kier molecular flexibility index (Phi) is 9.11. The van der Waals surface area contributed by atoms with Crippen molar-refractivity contribution < 1.29 is 9.47 Å². The number of hydrogen-bond donors (Lipinski definition) is 1. The molecule has 0 saturated heterocycles. The van der Waals surface area contributed by atoms with Gasteiger partial charge in [-0.15, -0.1) is 0 Å². The van der Waals surface area contributed by atoms with E-state index in [1.54, 1.807) is 7.11 Å². The fraction of sp³-hybridized carbons (Fsp3) is 0.667. The minimum atomic E-state index is 0.0841. The van der Waals surface area contributed by atoms with Crippen LogP contribution in [0.15, 0.2) is 24.3 Å². The fourth-order valence-corrected chi connectivity index (χ4v) is 2.45. The van der Waals surface area contributed by atoms with Gasteiger partial charge >= 0.3 is 0 Å². The minimum Gasteiger partial charge on any atom is -0.497 e. The van der Waals surface area contributed by atoms with Crippen LogP contribution in [0.3, 0.4) is 0 Å². The van der Waals surface area contributed by atoms with Crippen LogP contribution in [0.1, 0.15) is 51.2 Å². The summed E-state index contributed by atoms with van der Waals surface area (Å²) in [5.74, 6) is 1.55. The van der Waals surface area contributed by atoms with Gasteiger partial charge in [0.15, 0.2) is 0 Å². The first kappa shape index (κ1) is 18.0. The molecule has 0 amide bonds. The van der Waals surface area contributed by atoms with Gasteiger partial charge in [0.2, 0.25) is 0 Å². The molecule has 0 aliphatic rings. The average molecular weight is 293 g/mol. The summed E-state index contributed by atoms with van der Waals surface area (Å²) in [4.78, 5) is 0. The third-order valence-electron chi connectivity index (χ3n) is 3.93. The molecule has 1 aromatic rings. The first-order valence-corrected chi connectivity index (χ1v) is 8.15. The molecular formula is C18H31NO2. The van der Waals surface area contributed by atoms with Crippen LogP contribution in [0.2, 0.25) is 0 Å². The highest BCUT2D eigenvalue weighted by atomic mass is 16.5. The molecule has 1 rings (SSSR count). The summed E-state index contributed by atoms with van der Waals surface area (Å²) in [6.07, 6.45) is 5.08. The number of benzene rings is 1. The summed E-state index contributed by atoms with van der Waals surface area (Å²) in [5.41, 5.74) is 1.18. The van der Waals surface area contributed by atoms with Gasteiger partial charge in [-0.25, -0.2) is 0 Å². The second-order valence-electron chi connectivity index (χ2n) is 5.57. The van der Waals surface area contributed by atoms with Crippen LogP contribution >= 0.6 is 0 Å². The van der Waals surface area contributed by atoms with Crippen molar-refractivity contribution in [3.05, 3.63) is 29.8 Å². The average Bonchev–Trinajstić information content (AvgIpc) is 2.54. The Balaban J connectivity index is 2.63. The third-order valence-corrected chi connectivity index (χ3v) is 3.93. The van der Waals surface area contributed by atoms with Crippen LogP contribution in [0.25, 0.3) is 0 Å². The SMILES string of the molecule is CCCCC(CC)COC(CNC)c1cccc(OC)c1. The summed E-state index contributed by atoms with van der Waals surface area (Å²) in [5, 5.41) is 3.22. The number of nitrogens with one attached hydrogen (secondary N) is 1. The molecule has 0 bridgehead atoms. The Morgan fingerprint density at radius 1 is 1.24 bits per heavy atom. The molecule has 0 heterocycles. The molecule has 3 nitrogen and oxygen atoms in total. The van der Waals surface area contributed by atoms with Gasteiger partial charge < -0.3 is 14.8 Å². The fourth-order valence-electron chi connectivity index (χ4n) is 2.45. The predicted molar refractivity (Wildman–Crippen MR) is 88.9 cm³/mol. The molecule has 120 valence electrons. The van der Waals surface area contributed by atoms with Gasteiger partial charge in [-0.05, 0) is 37.1 Å². The third kappa shape index (κ3) is 6.49. The topological polar surface area (TPSA) is 30.5 Å². The molecular weight excluding hydrogens is 262 g/mol. The van der Waals surface area contributed by atoms with Crippen LogP contribution in [0.5, 0.6) is 5.75 Å². The van der Waals surface area contributed by atoms with Gasteiger partial charge in [0.1, 0.15) is 5.75 Å². The summed E-state index contributed by atoms with van der Waals surface area (Å²) < 4.78 is 11.5. The van der Waals surface area contributed by atoms with Gasteiger partial charge in [-0.2, -0.15) is 0 Å². The van der Waals surface area contributed by atoms with E-state index in [0.29, 0.717) is 5.92 Å². The van der Waals surface area contributed by atoms with E-state index < -0.39 is 0 Å². The highest BCUT2D eigenvalue weighted by Gasteiger charge is 2.15. The van der Waals surface area contributed by atoms with E-state index in [9.17, 15) is 0 Å². The summed E-state index contributed by atoms with van der Waals surface area (Å²) in [6.45, 7) is 6.15. The Morgan fingerprint density at radius 2 is 2.05 bits per heavy atom. The maximum atomic E-state index is 6.20. The van der Waals surface area contributed by atoms with Crippen molar-refractivity contribution in [2.45, 2.75) is 45.6 Å². The first-order chi connectivity index (χ1) is 10.2. The van der Waals surface area contributed by atoms with Crippen molar-refractivity contribution in [1.29, 1.82) is 0 Å². The normalized spacial score (nSPS) is 13.9. The van der Waals surface area contributed by atoms with Crippen molar-refractivity contribution in [3.8, 4) is 5.75 Å². The van der Waals surface area contributed by atoms with Crippen molar-refractivity contribution in [1.82, 2.24) is 5.32 Å².